The number of hydrogen-bond acceptors (Lipinski definition) is 2. The molecule has 0 aliphatic heterocycles. The van der Waals surface area contributed by atoms with Crippen LogP contribution in [-0.4, -0.2) is 16.2 Å². The summed E-state index contributed by atoms with van der Waals surface area (Å²) in [6.07, 6.45) is 1.94. The van der Waals surface area contributed by atoms with E-state index in [0.29, 0.717) is 0 Å². The van der Waals surface area contributed by atoms with E-state index in [1.54, 1.807) is 0 Å². The lowest BCUT2D eigenvalue weighted by Crippen LogP contribution is -2.15. The number of rotatable bonds is 4. The fourth-order valence-electron chi connectivity index (χ4n) is 1.63. The number of nitrogens with zero attached hydrogens (tertiary/aromatic N) is 1. The van der Waals surface area contributed by atoms with E-state index in [2.05, 4.69) is 28.4 Å². The molecule has 0 unspecified atom stereocenters. The Balaban J connectivity index is 2.08. The molecule has 3 N–H and O–H groups in total. The molecule has 3 nitrogen and oxygen atoms in total. The van der Waals surface area contributed by atoms with Gasteiger partial charge in [-0.15, -0.1) is 0 Å². The predicted molar refractivity (Wildman–Crippen MR) is 66.0 cm³/mol. The van der Waals surface area contributed by atoms with Gasteiger partial charge in [0, 0.05) is 17.3 Å². The maximum atomic E-state index is 5.72. The highest BCUT2D eigenvalue weighted by Crippen LogP contribution is 2.17. The summed E-state index contributed by atoms with van der Waals surface area (Å²) in [5, 5.41) is 7.35. The van der Waals surface area contributed by atoms with Crippen molar-refractivity contribution in [1.82, 2.24) is 10.2 Å². The fraction of sp³-hybridized carbons (Fsp3) is 0.308. The highest BCUT2D eigenvalue weighted by molar-refractivity contribution is 5.58. The highest BCUT2D eigenvalue weighted by atomic mass is 15.1. The first-order valence-electron chi connectivity index (χ1n) is 5.61. The van der Waals surface area contributed by atoms with Crippen LogP contribution in [0.1, 0.15) is 19.0 Å². The molecule has 0 spiro atoms. The van der Waals surface area contributed by atoms with Gasteiger partial charge in [0.25, 0.3) is 0 Å². The lowest BCUT2D eigenvalue weighted by Gasteiger charge is -2.01. The average Bonchev–Trinajstić information content (AvgIpc) is 2.76. The van der Waals surface area contributed by atoms with Gasteiger partial charge in [0.05, 0.1) is 5.69 Å². The molecule has 1 atom stereocenters. The summed E-state index contributed by atoms with van der Waals surface area (Å²) in [6, 6.07) is 12.5. The lowest BCUT2D eigenvalue weighted by atomic mass is 10.1. The van der Waals surface area contributed by atoms with Gasteiger partial charge in [-0.1, -0.05) is 30.3 Å². The largest absolute Gasteiger partial charge is 0.328 e. The van der Waals surface area contributed by atoms with E-state index in [1.165, 1.54) is 0 Å². The van der Waals surface area contributed by atoms with Crippen LogP contribution in [0.5, 0.6) is 0 Å². The number of H-pyrrole nitrogens is 1. The SMILES string of the molecule is C[C@@H](N)CCc1cc(-c2ccccc2)n[nH]1. The summed E-state index contributed by atoms with van der Waals surface area (Å²) in [7, 11) is 0. The number of hydrogen-bond donors (Lipinski definition) is 2. The molecule has 0 aliphatic rings. The number of nitrogens with two attached hydrogens (primary N) is 1. The van der Waals surface area contributed by atoms with Crippen LogP contribution in [0.3, 0.4) is 0 Å². The first-order valence-corrected chi connectivity index (χ1v) is 5.61. The maximum Gasteiger partial charge on any atom is 0.0923 e. The van der Waals surface area contributed by atoms with E-state index in [-0.39, 0.29) is 6.04 Å². The first-order chi connectivity index (χ1) is 7.75. The monoisotopic (exact) mass is 215 g/mol. The van der Waals surface area contributed by atoms with Crippen molar-refractivity contribution in [2.24, 2.45) is 5.73 Å². The molecule has 0 saturated heterocycles. The van der Waals surface area contributed by atoms with Gasteiger partial charge in [0.15, 0.2) is 0 Å². The van der Waals surface area contributed by atoms with Crippen LogP contribution in [0.2, 0.25) is 0 Å². The Morgan fingerprint density at radius 3 is 2.75 bits per heavy atom. The van der Waals surface area contributed by atoms with Crippen LogP contribution in [-0.2, 0) is 6.42 Å². The molecule has 2 rings (SSSR count). The molecule has 1 heterocycles. The standard InChI is InChI=1S/C13H17N3/c1-10(14)7-8-12-9-13(16-15-12)11-5-3-2-4-6-11/h2-6,9-10H,7-8,14H2,1H3,(H,15,16)/t10-/m1/s1. The van der Waals surface area contributed by atoms with E-state index < -0.39 is 0 Å². The van der Waals surface area contributed by atoms with Crippen LogP contribution in [0, 0.1) is 0 Å². The van der Waals surface area contributed by atoms with E-state index in [4.69, 9.17) is 5.73 Å². The molecular formula is C13H17N3. The smallest absolute Gasteiger partial charge is 0.0923 e. The molecule has 0 bridgehead atoms. The minimum absolute atomic E-state index is 0.239. The second-order valence-corrected chi connectivity index (χ2v) is 4.16. The fourth-order valence-corrected chi connectivity index (χ4v) is 1.63. The third kappa shape index (κ3) is 2.70. The molecule has 84 valence electrons. The van der Waals surface area contributed by atoms with E-state index in [1.807, 2.05) is 25.1 Å². The zero-order valence-corrected chi connectivity index (χ0v) is 9.48. The van der Waals surface area contributed by atoms with Crippen LogP contribution < -0.4 is 5.73 Å². The van der Waals surface area contributed by atoms with Crippen molar-refractivity contribution < 1.29 is 0 Å². The van der Waals surface area contributed by atoms with Crippen LogP contribution in [0.15, 0.2) is 36.4 Å². The zero-order valence-electron chi connectivity index (χ0n) is 9.48. The second kappa shape index (κ2) is 4.94. The van der Waals surface area contributed by atoms with Crippen molar-refractivity contribution in [3.05, 3.63) is 42.1 Å². The minimum atomic E-state index is 0.239. The highest BCUT2D eigenvalue weighted by Gasteiger charge is 2.04. The molecule has 0 saturated carbocycles. The number of aryl methyl sites for hydroxylation is 1. The summed E-state index contributed by atoms with van der Waals surface area (Å²) in [4.78, 5) is 0. The van der Waals surface area contributed by atoms with Crippen molar-refractivity contribution in [3.8, 4) is 11.3 Å². The van der Waals surface area contributed by atoms with Crippen molar-refractivity contribution in [1.29, 1.82) is 0 Å². The van der Waals surface area contributed by atoms with Gasteiger partial charge >= 0.3 is 0 Å². The predicted octanol–water partition coefficient (Wildman–Crippen LogP) is 2.36. The van der Waals surface area contributed by atoms with E-state index >= 15 is 0 Å². The van der Waals surface area contributed by atoms with Crippen molar-refractivity contribution in [2.45, 2.75) is 25.8 Å². The maximum absolute atomic E-state index is 5.72. The van der Waals surface area contributed by atoms with Crippen LogP contribution in [0.25, 0.3) is 11.3 Å². The Morgan fingerprint density at radius 2 is 2.06 bits per heavy atom. The molecule has 2 aromatic rings. The zero-order chi connectivity index (χ0) is 11.4. The molecule has 3 heteroatoms. The topological polar surface area (TPSA) is 54.7 Å². The van der Waals surface area contributed by atoms with Crippen LogP contribution >= 0.6 is 0 Å². The lowest BCUT2D eigenvalue weighted by molar-refractivity contribution is 0.657. The Labute approximate surface area is 95.7 Å². The number of aromatic amines is 1. The molecule has 16 heavy (non-hydrogen) atoms. The Kier molecular flexibility index (Phi) is 3.37. The Bertz CT molecular complexity index is 431. The number of nitrogens with one attached hydrogen (secondary N) is 1. The van der Waals surface area contributed by atoms with Gasteiger partial charge in [-0.3, -0.25) is 5.10 Å². The van der Waals surface area contributed by atoms with Gasteiger partial charge in [0.2, 0.25) is 0 Å². The molecular weight excluding hydrogens is 198 g/mol. The number of aromatic nitrogens is 2. The van der Waals surface area contributed by atoms with Gasteiger partial charge in [-0.25, -0.2) is 0 Å². The first kappa shape index (κ1) is 10.9. The second-order valence-electron chi connectivity index (χ2n) is 4.16. The van der Waals surface area contributed by atoms with Gasteiger partial charge in [0.1, 0.15) is 0 Å². The molecule has 0 amide bonds. The molecule has 0 aliphatic carbocycles. The van der Waals surface area contributed by atoms with Gasteiger partial charge in [-0.05, 0) is 25.8 Å². The Morgan fingerprint density at radius 1 is 1.31 bits per heavy atom. The van der Waals surface area contributed by atoms with Crippen LogP contribution in [0.4, 0.5) is 0 Å². The van der Waals surface area contributed by atoms with Crippen molar-refractivity contribution >= 4 is 0 Å². The molecule has 0 fully saturated rings. The molecule has 0 radical (unpaired) electrons. The van der Waals surface area contributed by atoms with Crippen molar-refractivity contribution in [2.75, 3.05) is 0 Å². The Hall–Kier alpha value is -1.61. The summed E-state index contributed by atoms with van der Waals surface area (Å²) < 4.78 is 0. The third-order valence-electron chi connectivity index (χ3n) is 2.57. The van der Waals surface area contributed by atoms with E-state index in [9.17, 15) is 0 Å². The minimum Gasteiger partial charge on any atom is -0.328 e. The quantitative estimate of drug-likeness (QED) is 0.822. The van der Waals surface area contributed by atoms with Gasteiger partial charge < -0.3 is 5.73 Å². The number of benzene rings is 1. The third-order valence-corrected chi connectivity index (χ3v) is 2.57. The van der Waals surface area contributed by atoms with Gasteiger partial charge in [-0.2, -0.15) is 5.10 Å². The average molecular weight is 215 g/mol. The summed E-state index contributed by atoms with van der Waals surface area (Å²) in [5.74, 6) is 0. The normalized spacial score (nSPS) is 12.6. The summed E-state index contributed by atoms with van der Waals surface area (Å²) in [5.41, 5.74) is 9.02. The van der Waals surface area contributed by atoms with E-state index in [0.717, 1.165) is 29.8 Å². The van der Waals surface area contributed by atoms with Crippen molar-refractivity contribution in [3.63, 3.8) is 0 Å². The molecule has 1 aromatic carbocycles. The molecule has 1 aromatic heterocycles. The summed E-state index contributed by atoms with van der Waals surface area (Å²) in [6.45, 7) is 2.02. The summed E-state index contributed by atoms with van der Waals surface area (Å²) >= 11 is 0.